The Bertz CT molecular complexity index is 914. The van der Waals surface area contributed by atoms with Gasteiger partial charge in [0.2, 0.25) is 0 Å². The van der Waals surface area contributed by atoms with Crippen molar-refractivity contribution in [3.8, 4) is 0 Å². The van der Waals surface area contributed by atoms with Crippen LogP contribution >= 0.6 is 0 Å². The number of rotatable bonds is 11. The van der Waals surface area contributed by atoms with Crippen LogP contribution in [0.5, 0.6) is 0 Å². The van der Waals surface area contributed by atoms with Crippen LogP contribution in [0.3, 0.4) is 0 Å². The van der Waals surface area contributed by atoms with E-state index in [-0.39, 0.29) is 26.4 Å². The van der Waals surface area contributed by atoms with Gasteiger partial charge in [0.1, 0.15) is 11.2 Å². The molecule has 11 heteroatoms. The molecule has 11 nitrogen and oxygen atoms in total. The van der Waals surface area contributed by atoms with Crippen molar-refractivity contribution in [1.82, 2.24) is 0 Å². The van der Waals surface area contributed by atoms with E-state index in [0.29, 0.717) is 6.61 Å². The summed E-state index contributed by atoms with van der Waals surface area (Å²) < 4.78 is 30.6. The van der Waals surface area contributed by atoms with Gasteiger partial charge in [-0.2, -0.15) is 0 Å². The third-order valence-electron chi connectivity index (χ3n) is 12.0. The molecule has 0 aromatic carbocycles. The molecule has 0 aromatic rings. The van der Waals surface area contributed by atoms with E-state index in [1.165, 1.54) is 7.11 Å². The molecule has 0 aromatic heterocycles. The molecule has 0 saturated carbocycles. The first kappa shape index (κ1) is 35.8. The summed E-state index contributed by atoms with van der Waals surface area (Å²) in [6, 6.07) is 0. The van der Waals surface area contributed by atoms with Crippen LogP contribution in [0.1, 0.15) is 76.2 Å². The van der Waals surface area contributed by atoms with Crippen molar-refractivity contribution >= 4 is 0 Å². The van der Waals surface area contributed by atoms with E-state index in [1.54, 1.807) is 69.2 Å². The number of nitrogens with two attached hydrogens (primary N) is 2. The lowest BCUT2D eigenvalue weighted by molar-refractivity contribution is -0.372. The van der Waals surface area contributed by atoms with Gasteiger partial charge in [0.15, 0.2) is 0 Å². The number of hydrogen-bond donors (Lipinski definition) is 6. The average molecular weight is 579 g/mol. The van der Waals surface area contributed by atoms with Crippen LogP contribution in [-0.2, 0) is 23.7 Å². The molecule has 0 radical (unpaired) electrons. The van der Waals surface area contributed by atoms with Gasteiger partial charge >= 0.3 is 0 Å². The summed E-state index contributed by atoms with van der Waals surface area (Å²) in [5.74, 6) is 0. The molecule has 2 heterocycles. The van der Waals surface area contributed by atoms with Crippen LogP contribution < -0.4 is 11.5 Å². The molecule has 2 aliphatic heterocycles. The summed E-state index contributed by atoms with van der Waals surface area (Å²) in [7, 11) is 1.52. The molecule has 2 fully saturated rings. The quantitative estimate of drug-likeness (QED) is 0.203. The lowest BCUT2D eigenvalue weighted by atomic mass is 9.51. The largest absolute Gasteiger partial charge is 0.393 e. The minimum absolute atomic E-state index is 0.0868. The summed E-state index contributed by atoms with van der Waals surface area (Å²) in [4.78, 5) is 0. The molecule has 10 atom stereocenters. The zero-order valence-corrected chi connectivity index (χ0v) is 26.9. The molecule has 0 bridgehead atoms. The van der Waals surface area contributed by atoms with Gasteiger partial charge in [0.05, 0.1) is 84.0 Å². The maximum atomic E-state index is 12.2. The maximum Gasteiger partial charge on any atom is 0.110 e. The Hall–Kier alpha value is -0.440. The molecule has 2 aliphatic rings. The van der Waals surface area contributed by atoms with E-state index in [4.69, 9.17) is 35.2 Å². The second kappa shape index (κ2) is 10.6. The highest BCUT2D eigenvalue weighted by atomic mass is 16.6. The van der Waals surface area contributed by atoms with Crippen molar-refractivity contribution in [3.05, 3.63) is 0 Å². The minimum Gasteiger partial charge on any atom is -0.393 e. The second-order valence-electron chi connectivity index (χ2n) is 14.2. The SMILES string of the molecule is CCOC[C@]1(C)OC(C)(CO)[C@](C)(COC[C@@]2(C)OC(C)(CO)[C@@](C)(COC)[C@](C)(O)C2(C)N)[C@](C)(O)C1(C)N. The summed E-state index contributed by atoms with van der Waals surface area (Å²) >= 11 is 0. The molecule has 40 heavy (non-hydrogen) atoms. The fraction of sp³-hybridized carbons (Fsp3) is 1.00. The van der Waals surface area contributed by atoms with Crippen molar-refractivity contribution in [2.24, 2.45) is 22.3 Å². The molecule has 4 unspecified atom stereocenters. The van der Waals surface area contributed by atoms with Gasteiger partial charge < -0.3 is 55.6 Å². The molecule has 238 valence electrons. The Kier molecular flexibility index (Phi) is 9.50. The molecule has 0 spiro atoms. The van der Waals surface area contributed by atoms with Crippen molar-refractivity contribution in [1.29, 1.82) is 0 Å². The number of methoxy groups -OCH3 is 1. The average Bonchev–Trinajstić information content (AvgIpc) is 2.85. The van der Waals surface area contributed by atoms with Crippen LogP contribution in [-0.4, -0.2) is 118 Å². The predicted molar refractivity (Wildman–Crippen MR) is 152 cm³/mol. The number of aliphatic hydroxyl groups is 4. The number of aliphatic hydroxyl groups excluding tert-OH is 2. The third-order valence-corrected chi connectivity index (χ3v) is 12.0. The fourth-order valence-electron chi connectivity index (χ4n) is 7.03. The Morgan fingerprint density at radius 1 is 0.575 bits per heavy atom. The van der Waals surface area contributed by atoms with Crippen LogP contribution in [0.15, 0.2) is 0 Å². The van der Waals surface area contributed by atoms with Crippen LogP contribution in [0.2, 0.25) is 0 Å². The third kappa shape index (κ3) is 4.42. The molecule has 2 rings (SSSR count). The molecule has 0 amide bonds. The Balaban J connectivity index is 2.50. The van der Waals surface area contributed by atoms with Crippen molar-refractivity contribution < 1.29 is 44.1 Å². The van der Waals surface area contributed by atoms with Crippen LogP contribution in [0.4, 0.5) is 0 Å². The van der Waals surface area contributed by atoms with Crippen molar-refractivity contribution in [3.63, 3.8) is 0 Å². The predicted octanol–water partition coefficient (Wildman–Crippen LogP) is 0.715. The van der Waals surface area contributed by atoms with Crippen molar-refractivity contribution in [2.75, 3.05) is 53.4 Å². The molecular weight excluding hydrogens is 520 g/mol. The van der Waals surface area contributed by atoms with Gasteiger partial charge in [-0.15, -0.1) is 0 Å². The second-order valence-corrected chi connectivity index (χ2v) is 14.2. The molecular formula is C29H58N2O9. The zero-order valence-electron chi connectivity index (χ0n) is 26.9. The van der Waals surface area contributed by atoms with E-state index in [1.807, 2.05) is 6.92 Å². The first-order valence-electron chi connectivity index (χ1n) is 14.2. The summed E-state index contributed by atoms with van der Waals surface area (Å²) in [5.41, 5.74) is 0.548. The first-order chi connectivity index (χ1) is 17.9. The highest BCUT2D eigenvalue weighted by Gasteiger charge is 2.75. The monoisotopic (exact) mass is 578 g/mol. The fourth-order valence-corrected chi connectivity index (χ4v) is 7.03. The Morgan fingerprint density at radius 3 is 1.25 bits per heavy atom. The van der Waals surface area contributed by atoms with Gasteiger partial charge in [-0.1, -0.05) is 13.8 Å². The lowest BCUT2D eigenvalue weighted by Crippen LogP contribution is -2.86. The standard InChI is InChI=1S/C29H58N2O9/c1-13-37-18-24(6)26(8,30)29(11,35)21(3,23(5,15-33)40-24)17-38-19-25(7)27(9,31)28(10,34)20(2,16-36-12)22(4,14-32)39-25/h32-35H,13-19,30-31H2,1-12H3/t20-,21+,22?,23?,24+,25-,26?,27?,28+,29+/m1/s1. The highest BCUT2D eigenvalue weighted by molar-refractivity contribution is 5.26. The highest BCUT2D eigenvalue weighted by Crippen LogP contribution is 2.59. The van der Waals surface area contributed by atoms with Crippen LogP contribution in [0.25, 0.3) is 0 Å². The minimum atomic E-state index is -1.62. The first-order valence-corrected chi connectivity index (χ1v) is 14.2. The topological polar surface area (TPSA) is 179 Å². The van der Waals surface area contributed by atoms with Gasteiger partial charge in [-0.3, -0.25) is 0 Å². The van der Waals surface area contributed by atoms with Crippen LogP contribution in [0, 0.1) is 10.8 Å². The number of ether oxygens (including phenoxy) is 5. The Morgan fingerprint density at radius 2 is 0.925 bits per heavy atom. The van der Waals surface area contributed by atoms with E-state index < -0.39 is 68.7 Å². The van der Waals surface area contributed by atoms with E-state index in [0.717, 1.165) is 0 Å². The normalized spacial score (nSPS) is 53.5. The lowest BCUT2D eigenvalue weighted by Gasteiger charge is -2.69. The number of hydrogen-bond acceptors (Lipinski definition) is 11. The summed E-state index contributed by atoms with van der Waals surface area (Å²) in [6.07, 6.45) is 0. The Labute approximate surface area is 240 Å². The molecule has 8 N–H and O–H groups in total. The zero-order chi connectivity index (χ0) is 31.5. The maximum absolute atomic E-state index is 12.2. The van der Waals surface area contributed by atoms with Crippen molar-refractivity contribution in [2.45, 2.75) is 121 Å². The van der Waals surface area contributed by atoms with Gasteiger partial charge in [0.25, 0.3) is 0 Å². The van der Waals surface area contributed by atoms with Gasteiger partial charge in [0, 0.05) is 13.7 Å². The van der Waals surface area contributed by atoms with E-state index >= 15 is 0 Å². The van der Waals surface area contributed by atoms with E-state index in [2.05, 4.69) is 0 Å². The molecule has 0 aliphatic carbocycles. The van der Waals surface area contributed by atoms with Gasteiger partial charge in [-0.25, -0.2) is 0 Å². The van der Waals surface area contributed by atoms with Gasteiger partial charge in [-0.05, 0) is 62.3 Å². The summed E-state index contributed by atoms with van der Waals surface area (Å²) in [6.45, 7) is 18.6. The smallest absolute Gasteiger partial charge is 0.110 e. The summed E-state index contributed by atoms with van der Waals surface area (Å²) in [5, 5.41) is 45.2. The van der Waals surface area contributed by atoms with E-state index in [9.17, 15) is 20.4 Å². The molecule has 2 saturated heterocycles.